The molecular weight excluding hydrogens is 516 g/mol. The van der Waals surface area contributed by atoms with Crippen molar-refractivity contribution in [1.82, 2.24) is 9.88 Å². The Kier molecular flexibility index (Phi) is 6.95. The zero-order valence-electron chi connectivity index (χ0n) is 22.0. The lowest BCUT2D eigenvalue weighted by Gasteiger charge is -2.40. The van der Waals surface area contributed by atoms with Gasteiger partial charge in [0.15, 0.2) is 0 Å². The highest BCUT2D eigenvalue weighted by atomic mass is 16.6. The van der Waals surface area contributed by atoms with E-state index in [9.17, 15) is 24.5 Å². The van der Waals surface area contributed by atoms with Crippen LogP contribution >= 0.6 is 0 Å². The molecule has 0 bridgehead atoms. The summed E-state index contributed by atoms with van der Waals surface area (Å²) in [6, 6.07) is 16.0. The number of para-hydroxylation sites is 2. The third kappa shape index (κ3) is 4.51. The van der Waals surface area contributed by atoms with Crippen molar-refractivity contribution >= 4 is 40.2 Å². The number of aromatic amines is 1. The van der Waals surface area contributed by atoms with Crippen LogP contribution in [0.15, 0.2) is 66.7 Å². The number of nitro groups is 1. The van der Waals surface area contributed by atoms with E-state index in [4.69, 9.17) is 9.47 Å². The molecule has 0 spiro atoms. The Morgan fingerprint density at radius 2 is 1.73 bits per heavy atom. The summed E-state index contributed by atoms with van der Waals surface area (Å²) < 4.78 is 9.93. The van der Waals surface area contributed by atoms with Gasteiger partial charge in [0.1, 0.15) is 17.8 Å². The number of rotatable bonds is 5. The maximum Gasteiger partial charge on any atom is 0.337 e. The number of nitrogens with one attached hydrogen (secondary N) is 2. The maximum atomic E-state index is 14.1. The molecule has 1 aliphatic rings. The van der Waals surface area contributed by atoms with Crippen molar-refractivity contribution < 1.29 is 28.8 Å². The number of aryl methyl sites for hydroxylation is 1. The fourth-order valence-electron chi connectivity index (χ4n) is 5.26. The van der Waals surface area contributed by atoms with Crippen LogP contribution in [0, 0.1) is 17.0 Å². The van der Waals surface area contributed by atoms with Crippen LogP contribution in [-0.2, 0) is 20.7 Å². The molecule has 1 aliphatic heterocycles. The summed E-state index contributed by atoms with van der Waals surface area (Å²) in [5.74, 6) is -1.16. The molecule has 3 aromatic carbocycles. The third-order valence-electron chi connectivity index (χ3n) is 7.17. The molecule has 11 nitrogen and oxygen atoms in total. The van der Waals surface area contributed by atoms with Gasteiger partial charge in [-0.25, -0.2) is 14.4 Å². The van der Waals surface area contributed by atoms with Gasteiger partial charge >= 0.3 is 18.0 Å². The highest BCUT2D eigenvalue weighted by Crippen LogP contribution is 2.42. The van der Waals surface area contributed by atoms with Gasteiger partial charge in [-0.3, -0.25) is 15.0 Å². The van der Waals surface area contributed by atoms with Crippen molar-refractivity contribution in [3.05, 3.63) is 105 Å². The molecule has 2 heterocycles. The van der Waals surface area contributed by atoms with Gasteiger partial charge in [0, 0.05) is 29.1 Å². The van der Waals surface area contributed by atoms with E-state index >= 15 is 0 Å². The standard InChI is InChI=1S/C29H26N4O7/c1-16-7-6-10-22(33(37)38)24(16)31-29(36)32-23(28(35)40-3)15-20-19-8-4-5-9-21(19)30-25(20)26(32)17-11-13-18(14-12-17)27(34)39-2/h4-14,23,26,30H,15H2,1-3H3,(H,31,36). The Labute approximate surface area is 228 Å². The number of anilines is 1. The number of hydrogen-bond donors (Lipinski definition) is 2. The van der Waals surface area contributed by atoms with E-state index in [0.717, 1.165) is 16.5 Å². The second-order valence-electron chi connectivity index (χ2n) is 9.39. The Hall–Kier alpha value is -5.19. The van der Waals surface area contributed by atoms with Gasteiger partial charge in [0.2, 0.25) is 0 Å². The number of ether oxygens (including phenoxy) is 2. The summed E-state index contributed by atoms with van der Waals surface area (Å²) in [6.45, 7) is 1.65. The monoisotopic (exact) mass is 542 g/mol. The Balaban J connectivity index is 1.69. The second-order valence-corrected chi connectivity index (χ2v) is 9.39. The van der Waals surface area contributed by atoms with E-state index < -0.39 is 35.0 Å². The van der Waals surface area contributed by atoms with E-state index in [1.807, 2.05) is 24.3 Å². The first-order chi connectivity index (χ1) is 19.2. The highest BCUT2D eigenvalue weighted by molar-refractivity contribution is 5.97. The number of aromatic nitrogens is 1. The van der Waals surface area contributed by atoms with Crippen molar-refractivity contribution in [2.24, 2.45) is 0 Å². The first kappa shape index (κ1) is 26.4. The van der Waals surface area contributed by atoms with E-state index in [0.29, 0.717) is 22.4 Å². The smallest absolute Gasteiger partial charge is 0.337 e. The van der Waals surface area contributed by atoms with Gasteiger partial charge in [-0.1, -0.05) is 42.5 Å². The van der Waals surface area contributed by atoms with Crippen molar-refractivity contribution in [2.45, 2.75) is 25.4 Å². The number of urea groups is 1. The lowest BCUT2D eigenvalue weighted by atomic mass is 9.88. The molecule has 2 amide bonds. The minimum atomic E-state index is -1.05. The Bertz CT molecular complexity index is 1640. The topological polar surface area (TPSA) is 144 Å². The van der Waals surface area contributed by atoms with Crippen molar-refractivity contribution in [3.8, 4) is 0 Å². The van der Waals surface area contributed by atoms with Gasteiger partial charge in [0.05, 0.1) is 24.7 Å². The predicted octanol–water partition coefficient (Wildman–Crippen LogP) is 4.89. The minimum Gasteiger partial charge on any atom is -0.467 e. The number of carbonyl (C=O) groups is 3. The number of hydrogen-bond acceptors (Lipinski definition) is 7. The van der Waals surface area contributed by atoms with Crippen LogP contribution in [0.3, 0.4) is 0 Å². The van der Waals surface area contributed by atoms with Crippen molar-refractivity contribution in [2.75, 3.05) is 19.5 Å². The molecule has 2 unspecified atom stereocenters. The van der Waals surface area contributed by atoms with E-state index in [2.05, 4.69) is 10.3 Å². The number of nitrogens with zero attached hydrogens (tertiary/aromatic N) is 2. The normalized spacial score (nSPS) is 16.2. The molecule has 0 fully saturated rings. The largest absolute Gasteiger partial charge is 0.467 e. The molecular formula is C29H26N4O7. The average molecular weight is 543 g/mol. The van der Waals surface area contributed by atoms with Crippen LogP contribution in [0.25, 0.3) is 10.9 Å². The number of methoxy groups -OCH3 is 2. The predicted molar refractivity (Wildman–Crippen MR) is 146 cm³/mol. The van der Waals surface area contributed by atoms with Gasteiger partial charge in [-0.2, -0.15) is 0 Å². The van der Waals surface area contributed by atoms with E-state index in [-0.39, 0.29) is 17.8 Å². The Morgan fingerprint density at radius 1 is 1.00 bits per heavy atom. The zero-order valence-corrected chi connectivity index (χ0v) is 22.0. The van der Waals surface area contributed by atoms with Gasteiger partial charge in [-0.05, 0) is 41.8 Å². The summed E-state index contributed by atoms with van der Waals surface area (Å²) in [6.07, 6.45) is 0.159. The first-order valence-corrected chi connectivity index (χ1v) is 12.4. The number of nitro benzene ring substituents is 1. The molecule has 1 aromatic heterocycles. The van der Waals surface area contributed by atoms with Gasteiger partial charge in [-0.15, -0.1) is 0 Å². The van der Waals surface area contributed by atoms with Crippen LogP contribution in [0.5, 0.6) is 0 Å². The molecule has 0 saturated carbocycles. The lowest BCUT2D eigenvalue weighted by molar-refractivity contribution is -0.384. The maximum absolute atomic E-state index is 14.1. The first-order valence-electron chi connectivity index (χ1n) is 12.4. The second kappa shape index (κ2) is 10.5. The van der Waals surface area contributed by atoms with Crippen molar-refractivity contribution in [1.29, 1.82) is 0 Å². The van der Waals surface area contributed by atoms with E-state index in [1.165, 1.54) is 31.3 Å². The van der Waals surface area contributed by atoms with Crippen LogP contribution in [0.1, 0.15) is 38.8 Å². The van der Waals surface area contributed by atoms with Crippen molar-refractivity contribution in [3.63, 3.8) is 0 Å². The molecule has 2 atom stereocenters. The van der Waals surface area contributed by atoms with Crippen LogP contribution in [0.4, 0.5) is 16.2 Å². The highest BCUT2D eigenvalue weighted by Gasteiger charge is 2.44. The number of fused-ring (bicyclic) bond motifs is 3. The lowest BCUT2D eigenvalue weighted by Crippen LogP contribution is -2.53. The molecule has 40 heavy (non-hydrogen) atoms. The molecule has 5 rings (SSSR count). The zero-order chi connectivity index (χ0) is 28.6. The third-order valence-corrected chi connectivity index (χ3v) is 7.17. The minimum absolute atomic E-state index is 0.0309. The van der Waals surface area contributed by atoms with Gasteiger partial charge < -0.3 is 19.8 Å². The molecule has 11 heteroatoms. The Morgan fingerprint density at radius 3 is 2.40 bits per heavy atom. The summed E-state index contributed by atoms with van der Waals surface area (Å²) in [4.78, 5) is 55.2. The summed E-state index contributed by atoms with van der Waals surface area (Å²) in [7, 11) is 2.53. The number of esters is 2. The number of amides is 2. The summed E-state index contributed by atoms with van der Waals surface area (Å²) in [5.41, 5.74) is 3.51. The summed E-state index contributed by atoms with van der Waals surface area (Å²) >= 11 is 0. The van der Waals surface area contributed by atoms with Crippen LogP contribution < -0.4 is 5.32 Å². The fourth-order valence-corrected chi connectivity index (χ4v) is 5.26. The molecule has 0 radical (unpaired) electrons. The quantitative estimate of drug-likeness (QED) is 0.207. The van der Waals surface area contributed by atoms with Crippen LogP contribution in [0.2, 0.25) is 0 Å². The molecule has 0 saturated heterocycles. The van der Waals surface area contributed by atoms with E-state index in [1.54, 1.807) is 37.3 Å². The average Bonchev–Trinajstić information content (AvgIpc) is 3.34. The fraction of sp³-hybridized carbons (Fsp3) is 0.207. The molecule has 4 aromatic rings. The number of carbonyl (C=O) groups excluding carboxylic acids is 3. The molecule has 0 aliphatic carbocycles. The van der Waals surface area contributed by atoms with Gasteiger partial charge in [0.25, 0.3) is 5.69 Å². The molecule has 2 N–H and O–H groups in total. The number of H-pyrrole nitrogens is 1. The number of benzene rings is 3. The molecule has 204 valence electrons. The SMILES string of the molecule is COC(=O)c1ccc(C2c3[nH]c4ccccc4c3CC(C(=O)OC)N2C(=O)Nc2c(C)cccc2[N+](=O)[O-])cc1. The summed E-state index contributed by atoms with van der Waals surface area (Å²) in [5, 5.41) is 15.3. The van der Waals surface area contributed by atoms with Crippen LogP contribution in [-0.4, -0.2) is 53.0 Å².